The van der Waals surface area contributed by atoms with Gasteiger partial charge in [0.15, 0.2) is 12.1 Å². The Bertz CT molecular complexity index is 1060. The first kappa shape index (κ1) is 25.2. The van der Waals surface area contributed by atoms with E-state index in [1.807, 2.05) is 44.4 Å². The van der Waals surface area contributed by atoms with E-state index in [9.17, 15) is 14.4 Å². The molecule has 34 heavy (non-hydrogen) atoms. The zero-order valence-electron chi connectivity index (χ0n) is 20.5. The van der Waals surface area contributed by atoms with Crippen LogP contribution in [0, 0.1) is 6.92 Å². The highest BCUT2D eigenvalue weighted by Crippen LogP contribution is 2.42. The SMILES string of the molecule is COC(=O)c1cc(OC)cc(C)c1NC(=O)C1([N+](C)(C)CC(=O)OCc2ccccc2)CCC1. The minimum Gasteiger partial charge on any atom is -0.497 e. The van der Waals surface area contributed by atoms with E-state index in [1.165, 1.54) is 14.2 Å². The Balaban J connectivity index is 1.79. The number of nitrogens with zero attached hydrogens (tertiary/aromatic N) is 1. The van der Waals surface area contributed by atoms with Gasteiger partial charge in [-0.05, 0) is 36.6 Å². The molecule has 0 saturated heterocycles. The van der Waals surface area contributed by atoms with Gasteiger partial charge in [-0.3, -0.25) is 4.79 Å². The van der Waals surface area contributed by atoms with Crippen molar-refractivity contribution in [3.05, 3.63) is 59.2 Å². The maximum atomic E-state index is 13.6. The molecule has 1 amide bonds. The molecular weight excluding hydrogens is 436 g/mol. The van der Waals surface area contributed by atoms with Crippen LogP contribution in [0.1, 0.15) is 40.7 Å². The van der Waals surface area contributed by atoms with Crippen LogP contribution in [-0.2, 0) is 25.7 Å². The van der Waals surface area contributed by atoms with Crippen molar-refractivity contribution in [2.24, 2.45) is 0 Å². The molecular formula is C26H33N2O6+. The second kappa shape index (κ2) is 10.3. The number of anilines is 1. The van der Waals surface area contributed by atoms with Crippen LogP contribution >= 0.6 is 0 Å². The van der Waals surface area contributed by atoms with Crippen molar-refractivity contribution in [3.8, 4) is 5.75 Å². The molecule has 3 rings (SSSR count). The molecule has 2 aromatic rings. The predicted octanol–water partition coefficient (Wildman–Crippen LogP) is 3.47. The molecule has 0 aromatic heterocycles. The van der Waals surface area contributed by atoms with Gasteiger partial charge < -0.3 is 24.0 Å². The van der Waals surface area contributed by atoms with E-state index in [0.717, 1.165) is 12.0 Å². The molecule has 1 aliphatic carbocycles. The summed E-state index contributed by atoms with van der Waals surface area (Å²) in [4.78, 5) is 38.7. The van der Waals surface area contributed by atoms with E-state index in [4.69, 9.17) is 14.2 Å². The predicted molar refractivity (Wildman–Crippen MR) is 127 cm³/mol. The first-order chi connectivity index (χ1) is 16.1. The summed E-state index contributed by atoms with van der Waals surface area (Å²) in [5, 5.41) is 2.96. The van der Waals surface area contributed by atoms with Crippen molar-refractivity contribution >= 4 is 23.5 Å². The zero-order chi connectivity index (χ0) is 24.9. The zero-order valence-corrected chi connectivity index (χ0v) is 20.5. The lowest BCUT2D eigenvalue weighted by atomic mass is 9.73. The van der Waals surface area contributed by atoms with Crippen LogP contribution in [0.15, 0.2) is 42.5 Å². The van der Waals surface area contributed by atoms with Gasteiger partial charge in [-0.1, -0.05) is 30.3 Å². The van der Waals surface area contributed by atoms with Gasteiger partial charge in [0.05, 0.1) is 39.6 Å². The molecule has 1 saturated carbocycles. The number of nitrogens with one attached hydrogen (secondary N) is 1. The molecule has 8 heteroatoms. The van der Waals surface area contributed by atoms with E-state index >= 15 is 0 Å². The third-order valence-electron chi connectivity index (χ3n) is 6.72. The number of methoxy groups -OCH3 is 2. The highest BCUT2D eigenvalue weighted by molar-refractivity contribution is 6.05. The Morgan fingerprint density at radius 3 is 2.29 bits per heavy atom. The first-order valence-corrected chi connectivity index (χ1v) is 11.2. The number of benzene rings is 2. The first-order valence-electron chi connectivity index (χ1n) is 11.2. The number of hydrogen-bond donors (Lipinski definition) is 1. The van der Waals surface area contributed by atoms with Crippen LogP contribution in [0.25, 0.3) is 0 Å². The van der Waals surface area contributed by atoms with E-state index in [2.05, 4.69) is 5.32 Å². The van der Waals surface area contributed by atoms with Crippen LogP contribution in [0.3, 0.4) is 0 Å². The number of aryl methyl sites for hydroxylation is 1. The molecule has 0 spiro atoms. The van der Waals surface area contributed by atoms with Crippen molar-refractivity contribution in [1.29, 1.82) is 0 Å². The Morgan fingerprint density at radius 1 is 1.06 bits per heavy atom. The standard InChI is InChI=1S/C26H32N2O6/c1-18-14-20(32-4)15-21(24(30)33-5)23(18)27-25(31)26(12-9-13-26)28(2,3)16-22(29)34-17-19-10-7-6-8-11-19/h6-8,10-11,14-15H,9,12-13,16-17H2,1-5H3/p+1. The third kappa shape index (κ3) is 5.07. The molecule has 0 heterocycles. The lowest BCUT2D eigenvalue weighted by Gasteiger charge is -2.51. The quantitative estimate of drug-likeness (QED) is 0.447. The smallest absolute Gasteiger partial charge is 0.362 e. The highest BCUT2D eigenvalue weighted by Gasteiger charge is 2.57. The number of ether oxygens (including phenoxy) is 3. The molecule has 2 aromatic carbocycles. The summed E-state index contributed by atoms with van der Waals surface area (Å²) in [5.74, 6) is -0.688. The molecule has 0 aliphatic heterocycles. The van der Waals surface area contributed by atoms with Crippen LogP contribution in [0.4, 0.5) is 5.69 Å². The maximum absolute atomic E-state index is 13.6. The van der Waals surface area contributed by atoms with Gasteiger partial charge in [0.1, 0.15) is 12.4 Å². The Labute approximate surface area is 200 Å². The highest BCUT2D eigenvalue weighted by atomic mass is 16.5. The number of carbonyl (C=O) groups is 3. The average Bonchev–Trinajstić information content (AvgIpc) is 2.77. The average molecular weight is 470 g/mol. The second-order valence-corrected chi connectivity index (χ2v) is 9.19. The van der Waals surface area contributed by atoms with Crippen LogP contribution in [0.2, 0.25) is 0 Å². The summed E-state index contributed by atoms with van der Waals surface area (Å²) in [5.41, 5.74) is 1.37. The molecule has 0 radical (unpaired) electrons. The minimum atomic E-state index is -0.814. The van der Waals surface area contributed by atoms with E-state index in [-0.39, 0.29) is 35.1 Å². The molecule has 0 atom stereocenters. The van der Waals surface area contributed by atoms with Crippen LogP contribution in [-0.4, -0.2) is 62.7 Å². The van der Waals surface area contributed by atoms with Crippen molar-refractivity contribution in [3.63, 3.8) is 0 Å². The molecule has 182 valence electrons. The lowest BCUT2D eigenvalue weighted by molar-refractivity contribution is -0.931. The topological polar surface area (TPSA) is 90.9 Å². The molecule has 1 fully saturated rings. The summed E-state index contributed by atoms with van der Waals surface area (Å²) >= 11 is 0. The largest absolute Gasteiger partial charge is 0.497 e. The van der Waals surface area contributed by atoms with Crippen molar-refractivity contribution in [2.45, 2.75) is 38.3 Å². The summed E-state index contributed by atoms with van der Waals surface area (Å²) in [7, 11) is 6.53. The Kier molecular flexibility index (Phi) is 7.61. The van der Waals surface area contributed by atoms with Gasteiger partial charge >= 0.3 is 11.9 Å². The van der Waals surface area contributed by atoms with E-state index in [1.54, 1.807) is 19.1 Å². The van der Waals surface area contributed by atoms with E-state index in [0.29, 0.717) is 29.8 Å². The van der Waals surface area contributed by atoms with Gasteiger partial charge in [0.2, 0.25) is 0 Å². The van der Waals surface area contributed by atoms with Crippen molar-refractivity contribution < 1.29 is 33.1 Å². The number of rotatable bonds is 9. The van der Waals surface area contributed by atoms with Gasteiger partial charge in [-0.25, -0.2) is 9.59 Å². The molecule has 1 aliphatic rings. The van der Waals surface area contributed by atoms with Crippen molar-refractivity contribution in [2.75, 3.05) is 40.2 Å². The normalized spacial score (nSPS) is 14.5. The summed E-state index contributed by atoms with van der Waals surface area (Å²) in [6.45, 7) is 2.02. The minimum absolute atomic E-state index is 0.0473. The fourth-order valence-electron chi connectivity index (χ4n) is 4.42. The van der Waals surface area contributed by atoms with Crippen LogP contribution < -0.4 is 10.1 Å². The molecule has 0 unspecified atom stereocenters. The number of quaternary nitrogens is 1. The Morgan fingerprint density at radius 2 is 1.74 bits per heavy atom. The van der Waals surface area contributed by atoms with Gasteiger partial charge in [0, 0.05) is 12.8 Å². The third-order valence-corrected chi connectivity index (χ3v) is 6.72. The Hall–Kier alpha value is -3.39. The lowest BCUT2D eigenvalue weighted by Crippen LogP contribution is -2.70. The molecule has 1 N–H and O–H groups in total. The summed E-state index contributed by atoms with van der Waals surface area (Å²) in [6.07, 6.45) is 2.13. The van der Waals surface area contributed by atoms with Crippen molar-refractivity contribution in [1.82, 2.24) is 0 Å². The monoisotopic (exact) mass is 469 g/mol. The fourth-order valence-corrected chi connectivity index (χ4v) is 4.42. The number of esters is 2. The van der Waals surface area contributed by atoms with Gasteiger partial charge in [-0.2, -0.15) is 0 Å². The molecule has 0 bridgehead atoms. The van der Waals surface area contributed by atoms with Crippen LogP contribution in [0.5, 0.6) is 5.75 Å². The number of likely N-dealkylation sites (N-methyl/N-ethyl adjacent to an activating group) is 1. The maximum Gasteiger partial charge on any atom is 0.362 e. The van der Waals surface area contributed by atoms with Gasteiger partial charge in [0.25, 0.3) is 5.91 Å². The molecule has 8 nitrogen and oxygen atoms in total. The van der Waals surface area contributed by atoms with E-state index < -0.39 is 11.5 Å². The number of hydrogen-bond acceptors (Lipinski definition) is 6. The summed E-state index contributed by atoms with van der Waals surface area (Å²) < 4.78 is 15.8. The van der Waals surface area contributed by atoms with Gasteiger partial charge in [-0.15, -0.1) is 0 Å². The summed E-state index contributed by atoms with van der Waals surface area (Å²) in [6, 6.07) is 12.8. The number of carbonyl (C=O) groups excluding carboxylic acids is 3. The second-order valence-electron chi connectivity index (χ2n) is 9.19. The fraction of sp³-hybridized carbons (Fsp3) is 0.423. The number of amides is 1.